The van der Waals surface area contributed by atoms with Crippen molar-refractivity contribution in [3.63, 3.8) is 0 Å². The Morgan fingerprint density at radius 2 is 1.96 bits per heavy atom. The first-order chi connectivity index (χ1) is 11.7. The van der Waals surface area contributed by atoms with Crippen LogP contribution >= 0.6 is 0 Å². The van der Waals surface area contributed by atoms with Crippen LogP contribution in [0.25, 0.3) is 22.4 Å². The number of pyridine rings is 1. The number of hydrogen-bond donors (Lipinski definition) is 0. The van der Waals surface area contributed by atoms with Gasteiger partial charge in [-0.25, -0.2) is 4.98 Å². The van der Waals surface area contributed by atoms with Gasteiger partial charge in [0, 0.05) is 17.6 Å². The molecule has 7 nitrogen and oxygen atoms in total. The third-order valence-corrected chi connectivity index (χ3v) is 3.88. The Morgan fingerprint density at radius 3 is 2.71 bits per heavy atom. The Labute approximate surface area is 137 Å². The smallest absolute Gasteiger partial charge is 0.266 e. The van der Waals surface area contributed by atoms with Crippen LogP contribution in [0.5, 0.6) is 5.75 Å². The van der Waals surface area contributed by atoms with E-state index in [1.807, 2.05) is 44.2 Å². The first-order valence-corrected chi connectivity index (χ1v) is 7.63. The minimum absolute atomic E-state index is 0.140. The predicted molar refractivity (Wildman–Crippen MR) is 89.8 cm³/mol. The van der Waals surface area contributed by atoms with Gasteiger partial charge in [-0.2, -0.15) is 14.6 Å². The molecule has 0 aliphatic rings. The van der Waals surface area contributed by atoms with Gasteiger partial charge in [0.15, 0.2) is 0 Å². The van der Waals surface area contributed by atoms with E-state index in [2.05, 4.69) is 15.1 Å². The number of aryl methyl sites for hydroxylation is 1. The zero-order chi connectivity index (χ0) is 16.7. The molecule has 3 heterocycles. The highest BCUT2D eigenvalue weighted by Crippen LogP contribution is 2.18. The number of hydrogen-bond acceptors (Lipinski definition) is 5. The second-order valence-corrected chi connectivity index (χ2v) is 5.38. The zero-order valence-corrected chi connectivity index (χ0v) is 13.3. The highest BCUT2D eigenvalue weighted by Gasteiger charge is 2.12. The minimum atomic E-state index is -0.140. The van der Waals surface area contributed by atoms with Gasteiger partial charge in [0.05, 0.1) is 17.5 Å². The van der Waals surface area contributed by atoms with Crippen molar-refractivity contribution in [2.24, 2.45) is 0 Å². The molecule has 0 spiro atoms. The van der Waals surface area contributed by atoms with Gasteiger partial charge in [0.1, 0.15) is 12.1 Å². The summed E-state index contributed by atoms with van der Waals surface area (Å²) in [5.41, 5.74) is 2.14. The van der Waals surface area contributed by atoms with E-state index in [0.717, 1.165) is 17.1 Å². The van der Waals surface area contributed by atoms with E-state index in [0.29, 0.717) is 23.3 Å². The van der Waals surface area contributed by atoms with Crippen LogP contribution in [0.4, 0.5) is 0 Å². The van der Waals surface area contributed by atoms with Crippen molar-refractivity contribution in [2.45, 2.75) is 13.8 Å². The molecule has 1 aromatic carbocycles. The monoisotopic (exact) mass is 321 g/mol. The Hall–Kier alpha value is -3.22. The molecule has 0 aliphatic heterocycles. The molecule has 0 bridgehead atoms. The molecule has 3 aromatic heterocycles. The Balaban J connectivity index is 1.95. The normalized spacial score (nSPS) is 11.2. The van der Waals surface area contributed by atoms with E-state index in [-0.39, 0.29) is 5.56 Å². The minimum Gasteiger partial charge on any atom is -0.494 e. The topological polar surface area (TPSA) is 74.3 Å². The molecular weight excluding hydrogens is 306 g/mol. The van der Waals surface area contributed by atoms with Gasteiger partial charge in [-0.15, -0.1) is 0 Å². The number of benzene rings is 1. The van der Waals surface area contributed by atoms with Crippen LogP contribution in [0.15, 0.2) is 47.7 Å². The number of fused-ring (bicyclic) bond motifs is 3. The first-order valence-electron chi connectivity index (χ1n) is 7.63. The number of aromatic nitrogens is 5. The average molecular weight is 321 g/mol. The molecular formula is C17H15N5O2. The van der Waals surface area contributed by atoms with Gasteiger partial charge < -0.3 is 4.74 Å². The van der Waals surface area contributed by atoms with Crippen LogP contribution in [0.3, 0.4) is 0 Å². The van der Waals surface area contributed by atoms with Crippen LogP contribution in [0.2, 0.25) is 0 Å². The summed E-state index contributed by atoms with van der Waals surface area (Å²) >= 11 is 0. The molecule has 0 atom stereocenters. The predicted octanol–water partition coefficient (Wildman–Crippen LogP) is 2.14. The molecule has 0 fully saturated rings. The van der Waals surface area contributed by atoms with Crippen LogP contribution in [0, 0.1) is 6.92 Å². The first kappa shape index (κ1) is 14.4. The highest BCUT2D eigenvalue weighted by atomic mass is 16.5. The number of nitrogens with zero attached hydrogens (tertiary/aromatic N) is 5. The molecule has 0 radical (unpaired) electrons. The summed E-state index contributed by atoms with van der Waals surface area (Å²) in [7, 11) is 0. The summed E-state index contributed by atoms with van der Waals surface area (Å²) in [5.74, 6) is 1.25. The fourth-order valence-corrected chi connectivity index (χ4v) is 2.82. The van der Waals surface area contributed by atoms with Crippen LogP contribution in [0.1, 0.15) is 12.6 Å². The molecule has 4 rings (SSSR count). The standard InChI is InChI=1S/C17H15N5O2/c1-3-24-13-6-4-12(5-7-13)21-11(2)8-15-14(16(21)23)9-18-17-19-10-20-22(15)17/h4-10H,3H2,1-2H3. The molecule has 0 saturated carbocycles. The van der Waals surface area contributed by atoms with Crippen molar-refractivity contribution >= 4 is 16.7 Å². The summed E-state index contributed by atoms with van der Waals surface area (Å²) in [6.45, 7) is 4.43. The maximum Gasteiger partial charge on any atom is 0.266 e. The van der Waals surface area contributed by atoms with E-state index < -0.39 is 0 Å². The van der Waals surface area contributed by atoms with E-state index in [9.17, 15) is 4.79 Å². The van der Waals surface area contributed by atoms with Gasteiger partial charge in [0.2, 0.25) is 0 Å². The number of ether oxygens (including phenoxy) is 1. The molecule has 0 N–H and O–H groups in total. The Morgan fingerprint density at radius 1 is 1.17 bits per heavy atom. The van der Waals surface area contributed by atoms with Crippen LogP contribution < -0.4 is 10.3 Å². The molecule has 0 saturated heterocycles. The molecule has 0 unspecified atom stereocenters. The fraction of sp³-hybridized carbons (Fsp3) is 0.176. The van der Waals surface area contributed by atoms with Gasteiger partial charge in [-0.3, -0.25) is 9.36 Å². The largest absolute Gasteiger partial charge is 0.494 e. The van der Waals surface area contributed by atoms with Crippen molar-refractivity contribution in [1.29, 1.82) is 0 Å². The summed E-state index contributed by atoms with van der Waals surface area (Å²) in [5, 5.41) is 4.63. The maximum absolute atomic E-state index is 13.0. The fourth-order valence-electron chi connectivity index (χ4n) is 2.82. The summed E-state index contributed by atoms with van der Waals surface area (Å²) < 4.78 is 8.68. The van der Waals surface area contributed by atoms with E-state index in [1.165, 1.54) is 6.33 Å². The Kier molecular flexibility index (Phi) is 3.26. The van der Waals surface area contributed by atoms with Crippen molar-refractivity contribution < 1.29 is 4.74 Å². The van der Waals surface area contributed by atoms with E-state index >= 15 is 0 Å². The Bertz CT molecular complexity index is 1100. The van der Waals surface area contributed by atoms with Gasteiger partial charge in [-0.1, -0.05) is 0 Å². The molecule has 24 heavy (non-hydrogen) atoms. The lowest BCUT2D eigenvalue weighted by Gasteiger charge is -2.12. The zero-order valence-electron chi connectivity index (χ0n) is 13.3. The van der Waals surface area contributed by atoms with Gasteiger partial charge in [0.25, 0.3) is 11.3 Å². The highest BCUT2D eigenvalue weighted by molar-refractivity contribution is 5.79. The maximum atomic E-state index is 13.0. The van der Waals surface area contributed by atoms with Crippen molar-refractivity contribution in [3.05, 3.63) is 58.9 Å². The van der Waals surface area contributed by atoms with Gasteiger partial charge >= 0.3 is 0 Å². The van der Waals surface area contributed by atoms with E-state index in [4.69, 9.17) is 4.74 Å². The SMILES string of the molecule is CCOc1ccc(-n2c(C)cc3c(cnc4ncnn43)c2=O)cc1. The molecule has 0 amide bonds. The van der Waals surface area contributed by atoms with Crippen LogP contribution in [-0.4, -0.2) is 30.8 Å². The lowest BCUT2D eigenvalue weighted by molar-refractivity contribution is 0.340. The van der Waals surface area contributed by atoms with Crippen molar-refractivity contribution in [1.82, 2.24) is 24.1 Å². The molecule has 4 aromatic rings. The molecule has 0 aliphatic carbocycles. The van der Waals surface area contributed by atoms with Gasteiger partial charge in [-0.05, 0) is 44.2 Å². The molecule has 120 valence electrons. The third kappa shape index (κ3) is 2.13. The summed E-state index contributed by atoms with van der Waals surface area (Å²) in [4.78, 5) is 21.2. The van der Waals surface area contributed by atoms with Crippen LogP contribution in [-0.2, 0) is 0 Å². The number of rotatable bonds is 3. The second-order valence-electron chi connectivity index (χ2n) is 5.38. The van der Waals surface area contributed by atoms with Crippen molar-refractivity contribution in [2.75, 3.05) is 6.61 Å². The third-order valence-electron chi connectivity index (χ3n) is 3.88. The van der Waals surface area contributed by atoms with Crippen molar-refractivity contribution in [3.8, 4) is 11.4 Å². The summed E-state index contributed by atoms with van der Waals surface area (Å²) in [6.07, 6.45) is 2.97. The lowest BCUT2D eigenvalue weighted by Crippen LogP contribution is -2.21. The quantitative estimate of drug-likeness (QED) is 0.578. The summed E-state index contributed by atoms with van der Waals surface area (Å²) in [6, 6.07) is 9.36. The second kappa shape index (κ2) is 5.45. The average Bonchev–Trinajstić information content (AvgIpc) is 3.06. The molecule has 7 heteroatoms. The van der Waals surface area contributed by atoms with E-state index in [1.54, 1.807) is 15.3 Å². The lowest BCUT2D eigenvalue weighted by atomic mass is 10.2.